The zero-order chi connectivity index (χ0) is 25.3. The second-order valence-corrected chi connectivity index (χ2v) is 9.46. The van der Waals surface area contributed by atoms with Gasteiger partial charge in [0.2, 0.25) is 0 Å². The van der Waals surface area contributed by atoms with Crippen LogP contribution in [0.25, 0.3) is 0 Å². The van der Waals surface area contributed by atoms with Crippen LogP contribution in [0.1, 0.15) is 37.5 Å². The van der Waals surface area contributed by atoms with Crippen molar-refractivity contribution in [3.05, 3.63) is 89.5 Å². The van der Waals surface area contributed by atoms with Gasteiger partial charge >= 0.3 is 6.03 Å². The summed E-state index contributed by atoms with van der Waals surface area (Å²) in [6, 6.07) is 23.7. The number of ether oxygens (including phenoxy) is 3. The van der Waals surface area contributed by atoms with Crippen molar-refractivity contribution in [1.82, 2.24) is 10.2 Å². The molecule has 0 aromatic heterocycles. The topological polar surface area (TPSA) is 60.0 Å². The Morgan fingerprint density at radius 1 is 0.829 bits per heavy atom. The molecule has 6 heteroatoms. The highest BCUT2D eigenvalue weighted by atomic mass is 16.5. The van der Waals surface area contributed by atoms with E-state index in [4.69, 9.17) is 14.2 Å². The standard InChI is InChI=1S/C29H36N2O4/c1-29(2,3)30-28(32)31(17-16-22-14-15-26(33-4)27(19-22)34-5)20-24-12-9-13-25(18-24)35-21-23-10-7-6-8-11-23/h6-15,18-19H,16-17,20-21H2,1-5H3,(H,30,32). The van der Waals surface area contributed by atoms with E-state index in [-0.39, 0.29) is 11.6 Å². The van der Waals surface area contributed by atoms with Crippen molar-refractivity contribution in [2.24, 2.45) is 0 Å². The molecule has 0 saturated heterocycles. The fourth-order valence-corrected chi connectivity index (χ4v) is 3.65. The number of nitrogens with one attached hydrogen (secondary N) is 1. The van der Waals surface area contributed by atoms with Crippen LogP contribution in [0.2, 0.25) is 0 Å². The number of carbonyl (C=O) groups is 1. The third kappa shape index (κ3) is 8.25. The van der Waals surface area contributed by atoms with Gasteiger partial charge in [0.15, 0.2) is 11.5 Å². The molecule has 35 heavy (non-hydrogen) atoms. The smallest absolute Gasteiger partial charge is 0.318 e. The zero-order valence-corrected chi connectivity index (χ0v) is 21.3. The summed E-state index contributed by atoms with van der Waals surface area (Å²) >= 11 is 0. The van der Waals surface area contributed by atoms with Gasteiger partial charge in [-0.2, -0.15) is 0 Å². The van der Waals surface area contributed by atoms with E-state index in [9.17, 15) is 4.79 Å². The lowest BCUT2D eigenvalue weighted by molar-refractivity contribution is 0.186. The molecule has 186 valence electrons. The molecule has 0 fully saturated rings. The molecule has 3 aromatic rings. The van der Waals surface area contributed by atoms with Crippen LogP contribution >= 0.6 is 0 Å². The Morgan fingerprint density at radius 2 is 1.54 bits per heavy atom. The van der Waals surface area contributed by atoms with E-state index < -0.39 is 0 Å². The van der Waals surface area contributed by atoms with Crippen LogP contribution in [-0.4, -0.2) is 37.2 Å². The number of hydrogen-bond acceptors (Lipinski definition) is 4. The number of methoxy groups -OCH3 is 2. The molecule has 0 saturated carbocycles. The lowest BCUT2D eigenvalue weighted by atomic mass is 10.1. The second kappa shape index (κ2) is 12.2. The largest absolute Gasteiger partial charge is 0.493 e. The third-order valence-electron chi connectivity index (χ3n) is 5.41. The van der Waals surface area contributed by atoms with Gasteiger partial charge in [-0.1, -0.05) is 48.5 Å². The normalized spacial score (nSPS) is 11.0. The quantitative estimate of drug-likeness (QED) is 0.400. The van der Waals surface area contributed by atoms with Gasteiger partial charge in [-0.3, -0.25) is 0 Å². The van der Waals surface area contributed by atoms with Gasteiger partial charge in [0.1, 0.15) is 12.4 Å². The molecule has 3 rings (SSSR count). The van der Waals surface area contributed by atoms with Crippen molar-refractivity contribution in [1.29, 1.82) is 0 Å². The predicted molar refractivity (Wildman–Crippen MR) is 139 cm³/mol. The van der Waals surface area contributed by atoms with Crippen molar-refractivity contribution in [2.45, 2.75) is 45.9 Å². The Labute approximate surface area is 208 Å². The molecule has 1 N–H and O–H groups in total. The van der Waals surface area contributed by atoms with E-state index >= 15 is 0 Å². The van der Waals surface area contributed by atoms with Gasteiger partial charge in [0, 0.05) is 18.6 Å². The third-order valence-corrected chi connectivity index (χ3v) is 5.41. The summed E-state index contributed by atoms with van der Waals surface area (Å²) in [5.41, 5.74) is 2.85. The molecular weight excluding hydrogens is 440 g/mol. The first-order valence-corrected chi connectivity index (χ1v) is 11.8. The lowest BCUT2D eigenvalue weighted by Gasteiger charge is -2.29. The fourth-order valence-electron chi connectivity index (χ4n) is 3.65. The SMILES string of the molecule is COc1ccc(CCN(Cc2cccc(OCc3ccccc3)c2)C(=O)NC(C)(C)C)cc1OC. The van der Waals surface area contributed by atoms with Crippen LogP contribution in [0, 0.1) is 0 Å². The van der Waals surface area contributed by atoms with Gasteiger partial charge in [-0.15, -0.1) is 0 Å². The minimum atomic E-state index is -0.334. The van der Waals surface area contributed by atoms with Crippen molar-refractivity contribution in [3.8, 4) is 17.2 Å². The summed E-state index contributed by atoms with van der Waals surface area (Å²) in [5.74, 6) is 2.15. The highest BCUT2D eigenvalue weighted by Gasteiger charge is 2.20. The van der Waals surface area contributed by atoms with Gasteiger partial charge in [0.25, 0.3) is 0 Å². The maximum Gasteiger partial charge on any atom is 0.318 e. The van der Waals surface area contributed by atoms with Crippen molar-refractivity contribution >= 4 is 6.03 Å². The van der Waals surface area contributed by atoms with Crippen LogP contribution < -0.4 is 19.5 Å². The van der Waals surface area contributed by atoms with Crippen LogP contribution in [0.15, 0.2) is 72.8 Å². The molecule has 0 atom stereocenters. The number of amides is 2. The van der Waals surface area contributed by atoms with Crippen LogP contribution in [-0.2, 0) is 19.6 Å². The predicted octanol–water partition coefficient (Wildman–Crippen LogP) is 5.84. The zero-order valence-electron chi connectivity index (χ0n) is 21.3. The molecule has 2 amide bonds. The first-order chi connectivity index (χ1) is 16.8. The van der Waals surface area contributed by atoms with Gasteiger partial charge in [-0.25, -0.2) is 4.79 Å². The molecule has 0 aliphatic carbocycles. The number of rotatable bonds is 10. The Morgan fingerprint density at radius 3 is 2.23 bits per heavy atom. The van der Waals surface area contributed by atoms with Crippen molar-refractivity contribution in [3.63, 3.8) is 0 Å². The van der Waals surface area contributed by atoms with Gasteiger partial charge < -0.3 is 24.4 Å². The highest BCUT2D eigenvalue weighted by molar-refractivity contribution is 5.75. The Kier molecular flexibility index (Phi) is 9.01. The van der Waals surface area contributed by atoms with Crippen LogP contribution in [0.3, 0.4) is 0 Å². The molecular formula is C29H36N2O4. The maximum atomic E-state index is 13.1. The monoisotopic (exact) mass is 476 g/mol. The Bertz CT molecular complexity index is 1090. The molecule has 6 nitrogen and oxygen atoms in total. The van der Waals surface area contributed by atoms with Gasteiger partial charge in [0.05, 0.1) is 14.2 Å². The van der Waals surface area contributed by atoms with Gasteiger partial charge in [-0.05, 0) is 68.1 Å². The van der Waals surface area contributed by atoms with E-state index in [1.807, 2.05) is 98.5 Å². The molecule has 0 bridgehead atoms. The molecule has 0 aliphatic rings. The van der Waals surface area contributed by atoms with E-state index in [0.717, 1.165) is 22.4 Å². The number of urea groups is 1. The number of hydrogen-bond donors (Lipinski definition) is 1. The average Bonchev–Trinajstić information content (AvgIpc) is 2.85. The molecule has 0 unspecified atom stereocenters. The van der Waals surface area contributed by atoms with Crippen molar-refractivity contribution < 1.29 is 19.0 Å². The van der Waals surface area contributed by atoms with E-state index in [0.29, 0.717) is 37.6 Å². The fraction of sp³-hybridized carbons (Fsp3) is 0.345. The van der Waals surface area contributed by atoms with Crippen LogP contribution in [0.5, 0.6) is 17.2 Å². The molecule has 0 spiro atoms. The summed E-state index contributed by atoms with van der Waals surface area (Å²) in [6.45, 7) is 7.46. The minimum Gasteiger partial charge on any atom is -0.493 e. The van der Waals surface area contributed by atoms with Crippen molar-refractivity contribution in [2.75, 3.05) is 20.8 Å². The minimum absolute atomic E-state index is 0.103. The number of carbonyl (C=O) groups excluding carboxylic acids is 1. The van der Waals surface area contributed by atoms with E-state index in [1.165, 1.54) is 0 Å². The lowest BCUT2D eigenvalue weighted by Crippen LogP contribution is -2.48. The summed E-state index contributed by atoms with van der Waals surface area (Å²) in [4.78, 5) is 15.0. The van der Waals surface area contributed by atoms with E-state index in [1.54, 1.807) is 14.2 Å². The summed E-state index contributed by atoms with van der Waals surface area (Å²) in [7, 11) is 3.24. The average molecular weight is 477 g/mol. The maximum absolute atomic E-state index is 13.1. The molecule has 0 aliphatic heterocycles. The van der Waals surface area contributed by atoms with Crippen LogP contribution in [0.4, 0.5) is 4.79 Å². The molecule has 0 heterocycles. The first-order valence-electron chi connectivity index (χ1n) is 11.8. The molecule has 3 aromatic carbocycles. The first kappa shape index (κ1) is 25.9. The number of nitrogens with zero attached hydrogens (tertiary/aromatic N) is 1. The van der Waals surface area contributed by atoms with E-state index in [2.05, 4.69) is 5.32 Å². The summed E-state index contributed by atoms with van der Waals surface area (Å²) < 4.78 is 16.8. The summed E-state index contributed by atoms with van der Waals surface area (Å²) in [5, 5.41) is 3.09. The number of benzene rings is 3. The molecule has 0 radical (unpaired) electrons. The highest BCUT2D eigenvalue weighted by Crippen LogP contribution is 2.28. The Balaban J connectivity index is 1.71. The Hall–Kier alpha value is -3.67. The summed E-state index contributed by atoms with van der Waals surface area (Å²) in [6.07, 6.45) is 0.683. The second-order valence-electron chi connectivity index (χ2n) is 9.46.